The summed E-state index contributed by atoms with van der Waals surface area (Å²) in [4.78, 5) is 17.2. The molecule has 2 aliphatic heterocycles. The number of para-hydroxylation sites is 1. The Hall–Kier alpha value is -2.53. The summed E-state index contributed by atoms with van der Waals surface area (Å²) in [5.41, 5.74) is 4.54. The van der Waals surface area contributed by atoms with Crippen LogP contribution in [-0.2, 0) is 16.0 Å². The molecule has 5 nitrogen and oxygen atoms in total. The minimum absolute atomic E-state index is 0.0256. The van der Waals surface area contributed by atoms with Crippen molar-refractivity contribution in [3.63, 3.8) is 0 Å². The Labute approximate surface area is 160 Å². The minimum Gasteiger partial charge on any atom is -0.378 e. The van der Waals surface area contributed by atoms with Gasteiger partial charge in [0.1, 0.15) is 0 Å². The predicted octanol–water partition coefficient (Wildman–Crippen LogP) is 3.30. The predicted molar refractivity (Wildman–Crippen MR) is 110 cm³/mol. The van der Waals surface area contributed by atoms with Gasteiger partial charge in [-0.15, -0.1) is 0 Å². The maximum atomic E-state index is 12.6. The van der Waals surface area contributed by atoms with Crippen LogP contribution in [0.1, 0.15) is 18.9 Å². The average molecular weight is 365 g/mol. The van der Waals surface area contributed by atoms with Crippen molar-refractivity contribution in [1.82, 2.24) is 0 Å². The third-order valence-corrected chi connectivity index (χ3v) is 5.51. The molecule has 2 aliphatic rings. The molecule has 1 N–H and O–H groups in total. The molecule has 0 saturated carbocycles. The summed E-state index contributed by atoms with van der Waals surface area (Å²) in [7, 11) is 0. The van der Waals surface area contributed by atoms with Gasteiger partial charge in [0.05, 0.1) is 19.8 Å². The summed E-state index contributed by atoms with van der Waals surface area (Å²) in [5.74, 6) is 0.0256. The van der Waals surface area contributed by atoms with E-state index in [0.717, 1.165) is 44.8 Å². The zero-order chi connectivity index (χ0) is 18.6. The molecule has 1 unspecified atom stereocenters. The first-order valence-corrected chi connectivity index (χ1v) is 9.78. The number of nitrogens with one attached hydrogen (secondary N) is 1. The zero-order valence-corrected chi connectivity index (χ0v) is 15.9. The van der Waals surface area contributed by atoms with Crippen LogP contribution in [0.25, 0.3) is 0 Å². The van der Waals surface area contributed by atoms with Crippen LogP contribution in [0, 0.1) is 0 Å². The highest BCUT2D eigenvalue weighted by Gasteiger charge is 2.24. The fourth-order valence-corrected chi connectivity index (χ4v) is 3.93. The van der Waals surface area contributed by atoms with E-state index in [9.17, 15) is 4.79 Å². The second-order valence-electron chi connectivity index (χ2n) is 7.34. The highest BCUT2D eigenvalue weighted by Crippen LogP contribution is 2.30. The number of aryl methyl sites for hydroxylation is 1. The third kappa shape index (κ3) is 4.08. The summed E-state index contributed by atoms with van der Waals surface area (Å²) in [6, 6.07) is 16.9. The van der Waals surface area contributed by atoms with Crippen molar-refractivity contribution in [2.24, 2.45) is 0 Å². The summed E-state index contributed by atoms with van der Waals surface area (Å²) in [6.07, 6.45) is 2.16. The second kappa shape index (κ2) is 8.01. The standard InChI is InChI=1S/C22H27N3O2/c1-17-6-7-18-4-2-3-5-21(18)25(17)16-22(26)23-19-8-10-20(11-9-19)24-12-14-27-15-13-24/h2-5,8-11,17H,6-7,12-16H2,1H3,(H,23,26). The van der Waals surface area contributed by atoms with E-state index in [-0.39, 0.29) is 5.91 Å². The number of ether oxygens (including phenoxy) is 1. The Morgan fingerprint density at radius 2 is 1.85 bits per heavy atom. The number of hydrogen-bond donors (Lipinski definition) is 1. The average Bonchev–Trinajstić information content (AvgIpc) is 2.71. The van der Waals surface area contributed by atoms with E-state index >= 15 is 0 Å². The monoisotopic (exact) mass is 365 g/mol. The molecule has 5 heteroatoms. The lowest BCUT2D eigenvalue weighted by Crippen LogP contribution is -2.42. The van der Waals surface area contributed by atoms with Crippen molar-refractivity contribution in [2.45, 2.75) is 25.8 Å². The summed E-state index contributed by atoms with van der Waals surface area (Å²) < 4.78 is 5.40. The van der Waals surface area contributed by atoms with Gasteiger partial charge >= 0.3 is 0 Å². The SMILES string of the molecule is CC1CCc2ccccc2N1CC(=O)Nc1ccc(N2CCOCC2)cc1. The van der Waals surface area contributed by atoms with Crippen molar-refractivity contribution < 1.29 is 9.53 Å². The normalized spacial score (nSPS) is 19.5. The summed E-state index contributed by atoms with van der Waals surface area (Å²) >= 11 is 0. The first-order valence-electron chi connectivity index (χ1n) is 9.78. The Bertz CT molecular complexity index is 784. The van der Waals surface area contributed by atoms with Crippen LogP contribution in [0.5, 0.6) is 0 Å². The Morgan fingerprint density at radius 1 is 1.11 bits per heavy atom. The summed E-state index contributed by atoms with van der Waals surface area (Å²) in [5, 5.41) is 3.05. The van der Waals surface area contributed by atoms with Gasteiger partial charge in [0.15, 0.2) is 0 Å². The van der Waals surface area contributed by atoms with Crippen LogP contribution >= 0.6 is 0 Å². The molecule has 2 aromatic rings. The van der Waals surface area contributed by atoms with Gasteiger partial charge in [0, 0.05) is 36.2 Å². The van der Waals surface area contributed by atoms with E-state index in [2.05, 4.69) is 52.4 Å². The van der Waals surface area contributed by atoms with Gasteiger partial charge in [-0.25, -0.2) is 0 Å². The molecular weight excluding hydrogens is 338 g/mol. The molecule has 2 heterocycles. The van der Waals surface area contributed by atoms with Crippen molar-refractivity contribution in [2.75, 3.05) is 48.0 Å². The van der Waals surface area contributed by atoms with Crippen molar-refractivity contribution in [3.8, 4) is 0 Å². The molecule has 1 atom stereocenters. The van der Waals surface area contributed by atoms with Crippen LogP contribution in [0.2, 0.25) is 0 Å². The van der Waals surface area contributed by atoms with E-state index in [1.54, 1.807) is 0 Å². The number of carbonyl (C=O) groups is 1. The molecule has 1 fully saturated rings. The maximum Gasteiger partial charge on any atom is 0.243 e. The molecular formula is C22H27N3O2. The number of carbonyl (C=O) groups excluding carboxylic acids is 1. The van der Waals surface area contributed by atoms with Crippen LogP contribution in [-0.4, -0.2) is 44.8 Å². The molecule has 4 rings (SSSR count). The smallest absolute Gasteiger partial charge is 0.243 e. The van der Waals surface area contributed by atoms with Gasteiger partial charge in [-0.05, 0) is 55.7 Å². The molecule has 0 radical (unpaired) electrons. The van der Waals surface area contributed by atoms with Gasteiger partial charge < -0.3 is 19.9 Å². The second-order valence-corrected chi connectivity index (χ2v) is 7.34. The molecule has 27 heavy (non-hydrogen) atoms. The van der Waals surface area contributed by atoms with Gasteiger partial charge in [-0.2, -0.15) is 0 Å². The van der Waals surface area contributed by atoms with Gasteiger partial charge in [-0.1, -0.05) is 18.2 Å². The molecule has 0 aliphatic carbocycles. The van der Waals surface area contributed by atoms with Crippen molar-refractivity contribution in [3.05, 3.63) is 54.1 Å². The van der Waals surface area contributed by atoms with Gasteiger partial charge in [0.25, 0.3) is 0 Å². The number of fused-ring (bicyclic) bond motifs is 1. The minimum atomic E-state index is 0.0256. The van der Waals surface area contributed by atoms with Crippen LogP contribution < -0.4 is 15.1 Å². The summed E-state index contributed by atoms with van der Waals surface area (Å²) in [6.45, 7) is 5.95. The maximum absolute atomic E-state index is 12.6. The topological polar surface area (TPSA) is 44.8 Å². The third-order valence-electron chi connectivity index (χ3n) is 5.51. The molecule has 1 saturated heterocycles. The largest absolute Gasteiger partial charge is 0.378 e. The highest BCUT2D eigenvalue weighted by molar-refractivity contribution is 5.94. The molecule has 142 valence electrons. The number of morpholine rings is 1. The zero-order valence-electron chi connectivity index (χ0n) is 15.9. The fourth-order valence-electron chi connectivity index (χ4n) is 3.93. The number of hydrogen-bond acceptors (Lipinski definition) is 4. The van der Waals surface area contributed by atoms with Crippen molar-refractivity contribution >= 4 is 23.0 Å². The Balaban J connectivity index is 1.39. The van der Waals surface area contributed by atoms with E-state index in [0.29, 0.717) is 12.6 Å². The van der Waals surface area contributed by atoms with Gasteiger partial charge in [-0.3, -0.25) is 4.79 Å². The molecule has 0 spiro atoms. The van der Waals surface area contributed by atoms with Gasteiger partial charge in [0.2, 0.25) is 5.91 Å². The molecule has 0 bridgehead atoms. The Kier molecular flexibility index (Phi) is 5.30. The lowest BCUT2D eigenvalue weighted by atomic mass is 9.96. The highest BCUT2D eigenvalue weighted by atomic mass is 16.5. The molecule has 2 aromatic carbocycles. The van der Waals surface area contributed by atoms with Crippen LogP contribution in [0.15, 0.2) is 48.5 Å². The fraction of sp³-hybridized carbons (Fsp3) is 0.409. The molecule has 1 amide bonds. The quantitative estimate of drug-likeness (QED) is 0.903. The first kappa shape index (κ1) is 17.9. The van der Waals surface area contributed by atoms with E-state index in [1.165, 1.54) is 16.9 Å². The van der Waals surface area contributed by atoms with Crippen LogP contribution in [0.3, 0.4) is 0 Å². The van der Waals surface area contributed by atoms with E-state index < -0.39 is 0 Å². The number of benzene rings is 2. The number of amides is 1. The number of nitrogens with zero attached hydrogens (tertiary/aromatic N) is 2. The lowest BCUT2D eigenvalue weighted by molar-refractivity contribution is -0.115. The van der Waals surface area contributed by atoms with Crippen molar-refractivity contribution in [1.29, 1.82) is 0 Å². The van der Waals surface area contributed by atoms with E-state index in [1.807, 2.05) is 18.2 Å². The Morgan fingerprint density at radius 3 is 2.63 bits per heavy atom. The number of anilines is 3. The molecule has 0 aromatic heterocycles. The lowest BCUT2D eigenvalue weighted by Gasteiger charge is -2.36. The van der Waals surface area contributed by atoms with Crippen LogP contribution in [0.4, 0.5) is 17.1 Å². The van der Waals surface area contributed by atoms with E-state index in [4.69, 9.17) is 4.74 Å². The first-order chi connectivity index (χ1) is 13.2. The number of rotatable bonds is 4.